The topological polar surface area (TPSA) is 76.1 Å². The zero-order valence-electron chi connectivity index (χ0n) is 18.8. The highest BCUT2D eigenvalue weighted by atomic mass is 79.9. The van der Waals surface area contributed by atoms with E-state index in [1.807, 2.05) is 25.1 Å². The van der Waals surface area contributed by atoms with Crippen LogP contribution in [0.3, 0.4) is 0 Å². The van der Waals surface area contributed by atoms with Crippen molar-refractivity contribution in [2.75, 3.05) is 18.6 Å². The number of ketones is 1. The van der Waals surface area contributed by atoms with Gasteiger partial charge >= 0.3 is 0 Å². The van der Waals surface area contributed by atoms with Gasteiger partial charge in [0, 0.05) is 15.7 Å². The molecule has 3 aromatic rings. The number of carbonyl (C=O) groups excluding carboxylic acids is 2. The molecule has 7 heteroatoms. The van der Waals surface area contributed by atoms with Crippen molar-refractivity contribution >= 4 is 39.1 Å². The van der Waals surface area contributed by atoms with Crippen LogP contribution in [-0.4, -0.2) is 30.5 Å². The molecule has 0 bridgehead atoms. The van der Waals surface area contributed by atoms with Crippen LogP contribution in [0.5, 0.6) is 11.5 Å². The van der Waals surface area contributed by atoms with Gasteiger partial charge in [0.05, 0.1) is 25.3 Å². The number of hydrogen-bond acceptors (Lipinski definition) is 5. The minimum atomic E-state index is -0.831. The number of rotatable bonds is 7. The van der Waals surface area contributed by atoms with E-state index in [1.165, 1.54) is 4.90 Å². The summed E-state index contributed by atoms with van der Waals surface area (Å²) in [4.78, 5) is 27.9. The Labute approximate surface area is 206 Å². The number of benzene rings is 3. The van der Waals surface area contributed by atoms with Crippen molar-refractivity contribution in [3.8, 4) is 11.5 Å². The van der Waals surface area contributed by atoms with E-state index in [0.29, 0.717) is 34.9 Å². The van der Waals surface area contributed by atoms with Crippen LogP contribution >= 0.6 is 15.9 Å². The van der Waals surface area contributed by atoms with Crippen molar-refractivity contribution in [2.45, 2.75) is 19.4 Å². The van der Waals surface area contributed by atoms with Crippen molar-refractivity contribution in [3.05, 3.63) is 94.0 Å². The van der Waals surface area contributed by atoms with E-state index in [1.54, 1.807) is 61.7 Å². The SMILES string of the molecule is CCCOc1cccc(C2/C(=C(/O)c3ccc(Br)cc3)C(=O)C(=O)N2c2ccc(OC)cc2)c1. The van der Waals surface area contributed by atoms with E-state index in [2.05, 4.69) is 15.9 Å². The van der Waals surface area contributed by atoms with Crippen molar-refractivity contribution in [1.82, 2.24) is 0 Å². The lowest BCUT2D eigenvalue weighted by Crippen LogP contribution is -2.29. The van der Waals surface area contributed by atoms with Crippen LogP contribution in [0.15, 0.2) is 82.8 Å². The molecule has 1 N–H and O–H groups in total. The van der Waals surface area contributed by atoms with Gasteiger partial charge in [0.25, 0.3) is 11.7 Å². The van der Waals surface area contributed by atoms with Gasteiger partial charge in [-0.15, -0.1) is 0 Å². The minimum absolute atomic E-state index is 0.0239. The highest BCUT2D eigenvalue weighted by Crippen LogP contribution is 2.43. The molecule has 0 aromatic heterocycles. The third-order valence-electron chi connectivity index (χ3n) is 5.56. The van der Waals surface area contributed by atoms with Crippen LogP contribution in [0.25, 0.3) is 5.76 Å². The molecule has 1 aliphatic heterocycles. The number of aliphatic hydroxyl groups excluding tert-OH is 1. The van der Waals surface area contributed by atoms with Gasteiger partial charge in [-0.3, -0.25) is 14.5 Å². The lowest BCUT2D eigenvalue weighted by Gasteiger charge is -2.26. The molecule has 1 heterocycles. The molecule has 1 saturated heterocycles. The Hall–Kier alpha value is -3.58. The zero-order chi connectivity index (χ0) is 24.2. The lowest BCUT2D eigenvalue weighted by molar-refractivity contribution is -0.132. The summed E-state index contributed by atoms with van der Waals surface area (Å²) < 4.78 is 11.8. The Kier molecular flexibility index (Phi) is 7.03. The molecule has 1 fully saturated rings. The second kappa shape index (κ2) is 10.1. The molecule has 4 rings (SSSR count). The van der Waals surface area contributed by atoms with Gasteiger partial charge in [-0.1, -0.05) is 47.1 Å². The maximum absolute atomic E-state index is 13.3. The minimum Gasteiger partial charge on any atom is -0.507 e. The van der Waals surface area contributed by atoms with Crippen LogP contribution in [0, 0.1) is 0 Å². The predicted octanol–water partition coefficient (Wildman–Crippen LogP) is 5.87. The smallest absolute Gasteiger partial charge is 0.300 e. The standard InChI is InChI=1S/C27H24BrNO5/c1-3-15-34-22-6-4-5-18(16-22)24-23(25(30)17-7-9-19(28)10-8-17)26(31)27(32)29(24)20-11-13-21(33-2)14-12-20/h4-14,16,24,30H,3,15H2,1-2H3/b25-23-. The van der Waals surface area contributed by atoms with Crippen molar-refractivity contribution < 1.29 is 24.2 Å². The Balaban J connectivity index is 1.89. The maximum Gasteiger partial charge on any atom is 0.300 e. The second-order valence-electron chi connectivity index (χ2n) is 7.79. The Morgan fingerprint density at radius 3 is 2.35 bits per heavy atom. The van der Waals surface area contributed by atoms with Gasteiger partial charge in [-0.2, -0.15) is 0 Å². The monoisotopic (exact) mass is 521 g/mol. The number of nitrogens with zero attached hydrogens (tertiary/aromatic N) is 1. The molecule has 1 atom stereocenters. The van der Waals surface area contributed by atoms with E-state index in [-0.39, 0.29) is 11.3 Å². The first-order valence-corrected chi connectivity index (χ1v) is 11.7. The first kappa shape index (κ1) is 23.6. The molecule has 174 valence electrons. The van der Waals surface area contributed by atoms with Crippen LogP contribution < -0.4 is 14.4 Å². The summed E-state index contributed by atoms with van der Waals surface area (Å²) >= 11 is 3.38. The molecule has 1 aliphatic rings. The first-order chi connectivity index (χ1) is 16.4. The van der Waals surface area contributed by atoms with Crippen molar-refractivity contribution in [2.24, 2.45) is 0 Å². The van der Waals surface area contributed by atoms with Gasteiger partial charge in [0.15, 0.2) is 0 Å². The van der Waals surface area contributed by atoms with Gasteiger partial charge in [-0.25, -0.2) is 0 Å². The number of hydrogen-bond donors (Lipinski definition) is 1. The average molecular weight is 522 g/mol. The number of methoxy groups -OCH3 is 1. The number of halogens is 1. The summed E-state index contributed by atoms with van der Waals surface area (Å²) in [7, 11) is 1.56. The van der Waals surface area contributed by atoms with Crippen LogP contribution in [0.4, 0.5) is 5.69 Å². The molecule has 6 nitrogen and oxygen atoms in total. The summed E-state index contributed by atoms with van der Waals surface area (Å²) in [6.07, 6.45) is 0.845. The molecule has 1 amide bonds. The molecule has 0 saturated carbocycles. The van der Waals surface area contributed by atoms with E-state index < -0.39 is 17.7 Å². The van der Waals surface area contributed by atoms with Gasteiger partial charge in [-0.05, 0) is 60.5 Å². The van der Waals surface area contributed by atoms with Crippen molar-refractivity contribution in [3.63, 3.8) is 0 Å². The first-order valence-electron chi connectivity index (χ1n) is 10.9. The molecule has 1 unspecified atom stereocenters. The molecule has 3 aromatic carbocycles. The molecular formula is C27H24BrNO5. The summed E-state index contributed by atoms with van der Waals surface area (Å²) in [6.45, 7) is 2.56. The highest BCUT2D eigenvalue weighted by molar-refractivity contribution is 9.10. The molecule has 34 heavy (non-hydrogen) atoms. The number of anilines is 1. The number of carbonyl (C=O) groups is 2. The van der Waals surface area contributed by atoms with E-state index in [0.717, 1.165) is 10.9 Å². The molecular weight excluding hydrogens is 498 g/mol. The molecule has 0 spiro atoms. The fourth-order valence-electron chi connectivity index (χ4n) is 3.91. The number of Topliss-reactive ketones (excluding diaryl/α,β-unsaturated/α-hetero) is 1. The second-order valence-corrected chi connectivity index (χ2v) is 8.71. The lowest BCUT2D eigenvalue weighted by atomic mass is 9.95. The fourth-order valence-corrected chi connectivity index (χ4v) is 4.18. The van der Waals surface area contributed by atoms with E-state index in [9.17, 15) is 14.7 Å². The summed E-state index contributed by atoms with van der Waals surface area (Å²) in [5.74, 6) is -0.438. The Bertz CT molecular complexity index is 1230. The van der Waals surface area contributed by atoms with Crippen LogP contribution in [0.1, 0.15) is 30.5 Å². The van der Waals surface area contributed by atoms with Crippen LogP contribution in [-0.2, 0) is 9.59 Å². The Morgan fingerprint density at radius 1 is 1.00 bits per heavy atom. The quantitative estimate of drug-likeness (QED) is 0.239. The summed E-state index contributed by atoms with van der Waals surface area (Å²) in [5, 5.41) is 11.2. The predicted molar refractivity (Wildman–Crippen MR) is 134 cm³/mol. The summed E-state index contributed by atoms with van der Waals surface area (Å²) in [5.41, 5.74) is 1.64. The maximum atomic E-state index is 13.3. The third-order valence-corrected chi connectivity index (χ3v) is 6.09. The Morgan fingerprint density at radius 2 is 1.71 bits per heavy atom. The number of amides is 1. The van der Waals surface area contributed by atoms with Gasteiger partial charge in [0.2, 0.25) is 0 Å². The van der Waals surface area contributed by atoms with Gasteiger partial charge in [0.1, 0.15) is 17.3 Å². The van der Waals surface area contributed by atoms with Crippen molar-refractivity contribution in [1.29, 1.82) is 0 Å². The molecule has 0 radical (unpaired) electrons. The van der Waals surface area contributed by atoms with Crippen LogP contribution in [0.2, 0.25) is 0 Å². The number of aliphatic hydroxyl groups is 1. The normalized spacial score (nSPS) is 17.1. The van der Waals surface area contributed by atoms with E-state index in [4.69, 9.17) is 9.47 Å². The largest absolute Gasteiger partial charge is 0.507 e. The van der Waals surface area contributed by atoms with Gasteiger partial charge < -0.3 is 14.6 Å². The summed E-state index contributed by atoms with van der Waals surface area (Å²) in [6, 6.07) is 20.2. The fraction of sp³-hybridized carbons (Fsp3) is 0.185. The average Bonchev–Trinajstić information content (AvgIpc) is 3.13. The van der Waals surface area contributed by atoms with E-state index >= 15 is 0 Å². The molecule has 0 aliphatic carbocycles. The number of ether oxygens (including phenoxy) is 2. The third kappa shape index (κ3) is 4.56. The zero-order valence-corrected chi connectivity index (χ0v) is 20.4. The highest BCUT2D eigenvalue weighted by Gasteiger charge is 2.47.